The predicted octanol–water partition coefficient (Wildman–Crippen LogP) is 4.34. The predicted molar refractivity (Wildman–Crippen MR) is 110 cm³/mol. The number of carbonyl (C=O) groups excluding carboxylic acids is 2. The average Bonchev–Trinajstić information content (AvgIpc) is 2.96. The van der Waals surface area contributed by atoms with Gasteiger partial charge in [0, 0.05) is 10.1 Å². The Morgan fingerprint density at radius 1 is 1.29 bits per heavy atom. The van der Waals surface area contributed by atoms with E-state index >= 15 is 0 Å². The first-order chi connectivity index (χ1) is 13.0. The van der Waals surface area contributed by atoms with Gasteiger partial charge in [-0.2, -0.15) is 0 Å². The third-order valence-corrected chi connectivity index (χ3v) is 7.16. The summed E-state index contributed by atoms with van der Waals surface area (Å²) in [6.07, 6.45) is 0.760. The second kappa shape index (κ2) is 7.71. The number of aliphatic hydroxyl groups is 1. The van der Waals surface area contributed by atoms with E-state index in [9.17, 15) is 14.7 Å². The van der Waals surface area contributed by atoms with E-state index in [1.807, 2.05) is 51.1 Å². The van der Waals surface area contributed by atoms with Crippen molar-refractivity contribution in [1.82, 2.24) is 4.90 Å². The van der Waals surface area contributed by atoms with E-state index in [0.717, 1.165) is 11.3 Å². The van der Waals surface area contributed by atoms with Gasteiger partial charge >= 0.3 is 6.09 Å². The van der Waals surface area contributed by atoms with Gasteiger partial charge in [0.25, 0.3) is 0 Å². The molecule has 0 radical (unpaired) electrons. The fourth-order valence-corrected chi connectivity index (χ4v) is 6.15. The molecule has 154 valence electrons. The lowest BCUT2D eigenvalue weighted by Gasteiger charge is -2.45. The van der Waals surface area contributed by atoms with Crippen LogP contribution in [0.5, 0.6) is 0 Å². The smallest absolute Gasteiger partial charge is 0.417 e. The number of imide groups is 1. The lowest BCUT2D eigenvalue weighted by Crippen LogP contribution is -2.58. The molecule has 0 aromatic heterocycles. The summed E-state index contributed by atoms with van der Waals surface area (Å²) in [5.74, 6) is -0.679. The standard InChI is InChI=1S/C22H31NO4S/c1-14-11-16(28-15-9-7-6-8-10-15)18(22(5,26)12-14)19(24)23-17(21(2,3)4)13-27-20(23)25/h6-10,14,16-18,26H,11-13H2,1-5H3/t14-,16+,17+,18+,22+/m0/s1. The quantitative estimate of drug-likeness (QED) is 0.810. The van der Waals surface area contributed by atoms with Gasteiger partial charge in [0.05, 0.1) is 17.6 Å². The highest BCUT2D eigenvalue weighted by atomic mass is 32.2. The first-order valence-electron chi connectivity index (χ1n) is 9.94. The summed E-state index contributed by atoms with van der Waals surface area (Å²) in [7, 11) is 0. The summed E-state index contributed by atoms with van der Waals surface area (Å²) < 4.78 is 5.24. The molecule has 1 N–H and O–H groups in total. The molecule has 1 aromatic rings. The molecule has 2 fully saturated rings. The van der Waals surface area contributed by atoms with Gasteiger partial charge in [-0.15, -0.1) is 11.8 Å². The summed E-state index contributed by atoms with van der Waals surface area (Å²) in [5, 5.41) is 11.1. The fraction of sp³-hybridized carbons (Fsp3) is 0.636. The van der Waals surface area contributed by atoms with Gasteiger partial charge in [0.2, 0.25) is 5.91 Å². The maximum absolute atomic E-state index is 13.6. The van der Waals surface area contributed by atoms with Crippen LogP contribution in [0.3, 0.4) is 0 Å². The fourth-order valence-electron chi connectivity index (χ4n) is 4.52. The number of nitrogens with zero attached hydrogens (tertiary/aromatic N) is 1. The van der Waals surface area contributed by atoms with Gasteiger partial charge in [0.1, 0.15) is 6.61 Å². The van der Waals surface area contributed by atoms with Crippen molar-refractivity contribution in [2.75, 3.05) is 6.61 Å². The van der Waals surface area contributed by atoms with Gasteiger partial charge in [-0.05, 0) is 43.2 Å². The molecule has 0 bridgehead atoms. The maximum Gasteiger partial charge on any atom is 0.417 e. The van der Waals surface area contributed by atoms with Crippen molar-refractivity contribution in [2.24, 2.45) is 17.3 Å². The highest BCUT2D eigenvalue weighted by Crippen LogP contribution is 2.46. The molecule has 5 nitrogen and oxygen atoms in total. The van der Waals surface area contributed by atoms with Crippen LogP contribution in [0.4, 0.5) is 4.79 Å². The van der Waals surface area contributed by atoms with Gasteiger partial charge in [0.15, 0.2) is 0 Å². The van der Waals surface area contributed by atoms with Gasteiger partial charge in [-0.1, -0.05) is 45.9 Å². The Labute approximate surface area is 171 Å². The van der Waals surface area contributed by atoms with Crippen molar-refractivity contribution in [3.63, 3.8) is 0 Å². The molecule has 1 saturated carbocycles. The number of hydrogen-bond acceptors (Lipinski definition) is 5. The van der Waals surface area contributed by atoms with Crippen LogP contribution >= 0.6 is 11.8 Å². The molecule has 2 aliphatic rings. The van der Waals surface area contributed by atoms with Crippen molar-refractivity contribution in [2.45, 2.75) is 69.2 Å². The van der Waals surface area contributed by atoms with Crippen LogP contribution in [0.1, 0.15) is 47.5 Å². The largest absolute Gasteiger partial charge is 0.447 e. The molecular formula is C22H31NO4S. The summed E-state index contributed by atoms with van der Waals surface area (Å²) in [5.41, 5.74) is -1.47. The van der Waals surface area contributed by atoms with Crippen LogP contribution in [0.25, 0.3) is 0 Å². The average molecular weight is 406 g/mol. The van der Waals surface area contributed by atoms with Crippen LogP contribution in [0, 0.1) is 17.3 Å². The molecular weight excluding hydrogens is 374 g/mol. The molecule has 2 amide bonds. The van der Waals surface area contributed by atoms with Gasteiger partial charge in [-0.3, -0.25) is 4.79 Å². The number of rotatable bonds is 3. The molecule has 5 atom stereocenters. The minimum Gasteiger partial charge on any atom is -0.447 e. The summed E-state index contributed by atoms with van der Waals surface area (Å²) in [4.78, 5) is 28.4. The second-order valence-corrected chi connectivity index (χ2v) is 10.8. The van der Waals surface area contributed by atoms with Crippen molar-refractivity contribution in [3.8, 4) is 0 Å². The topological polar surface area (TPSA) is 66.8 Å². The number of carbonyl (C=O) groups is 2. The zero-order valence-electron chi connectivity index (χ0n) is 17.3. The third-order valence-electron chi connectivity index (χ3n) is 5.85. The molecule has 1 aromatic carbocycles. The van der Waals surface area contributed by atoms with Crippen LogP contribution in [-0.2, 0) is 9.53 Å². The first-order valence-corrected chi connectivity index (χ1v) is 10.8. The zero-order valence-corrected chi connectivity index (χ0v) is 18.2. The summed E-state index contributed by atoms with van der Waals surface area (Å²) in [6, 6.07) is 9.60. The number of benzene rings is 1. The van der Waals surface area contributed by atoms with E-state index in [-0.39, 0.29) is 29.2 Å². The van der Waals surface area contributed by atoms with Gasteiger partial charge < -0.3 is 9.84 Å². The number of amides is 2. The Bertz CT molecular complexity index is 728. The molecule has 0 spiro atoms. The number of cyclic esters (lactones) is 1. The Kier molecular flexibility index (Phi) is 5.84. The number of hydrogen-bond donors (Lipinski definition) is 1. The first kappa shape index (κ1) is 21.2. The van der Waals surface area contributed by atoms with Crippen LogP contribution < -0.4 is 0 Å². The molecule has 0 unspecified atom stereocenters. The zero-order chi connectivity index (χ0) is 20.7. The molecule has 28 heavy (non-hydrogen) atoms. The summed E-state index contributed by atoms with van der Waals surface area (Å²) >= 11 is 1.62. The monoisotopic (exact) mass is 405 g/mol. The third kappa shape index (κ3) is 4.23. The normalized spacial score (nSPS) is 33.6. The van der Waals surface area contributed by atoms with E-state index in [2.05, 4.69) is 6.92 Å². The van der Waals surface area contributed by atoms with E-state index in [1.54, 1.807) is 18.7 Å². The van der Waals surface area contributed by atoms with E-state index in [0.29, 0.717) is 12.3 Å². The number of thioether (sulfide) groups is 1. The maximum atomic E-state index is 13.6. The Morgan fingerprint density at radius 2 is 1.93 bits per heavy atom. The van der Waals surface area contributed by atoms with Crippen LogP contribution in [0.2, 0.25) is 0 Å². The highest BCUT2D eigenvalue weighted by Gasteiger charge is 2.54. The molecule has 1 saturated heterocycles. The van der Waals surface area contributed by atoms with Crippen molar-refractivity contribution < 1.29 is 19.4 Å². The lowest BCUT2D eigenvalue weighted by molar-refractivity contribution is -0.147. The number of ether oxygens (including phenoxy) is 1. The highest BCUT2D eigenvalue weighted by molar-refractivity contribution is 8.00. The second-order valence-electron chi connectivity index (χ2n) is 9.52. The molecule has 1 heterocycles. The van der Waals surface area contributed by atoms with Crippen molar-refractivity contribution in [3.05, 3.63) is 30.3 Å². The molecule has 3 rings (SSSR count). The van der Waals surface area contributed by atoms with Crippen LogP contribution in [-0.4, -0.2) is 45.5 Å². The van der Waals surface area contributed by atoms with E-state index in [1.165, 1.54) is 4.90 Å². The van der Waals surface area contributed by atoms with E-state index in [4.69, 9.17) is 4.74 Å². The minimum absolute atomic E-state index is 0.109. The SMILES string of the molecule is C[C@H]1C[C@@H](Sc2ccccc2)[C@H](C(=O)N2C(=O)OC[C@@H]2C(C)(C)C)[C@](C)(O)C1. The molecule has 6 heteroatoms. The van der Waals surface area contributed by atoms with Crippen LogP contribution in [0.15, 0.2) is 35.2 Å². The van der Waals surface area contributed by atoms with Crippen molar-refractivity contribution >= 4 is 23.8 Å². The van der Waals surface area contributed by atoms with Gasteiger partial charge in [-0.25, -0.2) is 9.69 Å². The Balaban J connectivity index is 1.94. The molecule has 1 aliphatic carbocycles. The van der Waals surface area contributed by atoms with Crippen molar-refractivity contribution in [1.29, 1.82) is 0 Å². The van der Waals surface area contributed by atoms with E-state index < -0.39 is 17.6 Å². The Morgan fingerprint density at radius 3 is 2.54 bits per heavy atom. The Hall–Kier alpha value is -1.53. The molecule has 1 aliphatic heterocycles. The lowest BCUT2D eigenvalue weighted by atomic mass is 9.71. The minimum atomic E-state index is -1.17. The summed E-state index contributed by atoms with van der Waals surface area (Å²) in [6.45, 7) is 10.0.